The number of hydrogen-bond donors (Lipinski definition) is 0. The summed E-state index contributed by atoms with van der Waals surface area (Å²) in [5, 5.41) is 1.21. The van der Waals surface area contributed by atoms with E-state index in [1.807, 2.05) is 11.3 Å². The fourth-order valence-electron chi connectivity index (χ4n) is 3.04. The molecule has 1 aliphatic carbocycles. The van der Waals surface area contributed by atoms with Gasteiger partial charge in [-0.1, -0.05) is 0 Å². The van der Waals surface area contributed by atoms with E-state index >= 15 is 0 Å². The van der Waals surface area contributed by atoms with Crippen LogP contribution in [0.15, 0.2) is 9.98 Å². The van der Waals surface area contributed by atoms with Crippen LogP contribution in [0.5, 0.6) is 0 Å². The second-order valence-corrected chi connectivity index (χ2v) is 5.99. The zero-order chi connectivity index (χ0) is 11.4. The van der Waals surface area contributed by atoms with Crippen LogP contribution >= 0.6 is 11.3 Å². The molecule has 4 heteroatoms. The van der Waals surface area contributed by atoms with Crippen LogP contribution in [0, 0.1) is 0 Å². The molecule has 0 N–H and O–H groups in total. The van der Waals surface area contributed by atoms with Crippen molar-refractivity contribution in [3.63, 3.8) is 0 Å². The van der Waals surface area contributed by atoms with Gasteiger partial charge in [-0.15, -0.1) is 11.3 Å². The zero-order valence-corrected chi connectivity index (χ0v) is 10.8. The fraction of sp³-hybridized carbons (Fsp3) is 0.538. The Bertz CT molecular complexity index is 553. The molecule has 0 amide bonds. The first kappa shape index (κ1) is 9.83. The molecule has 2 aliphatic heterocycles. The highest BCUT2D eigenvalue weighted by Crippen LogP contribution is 2.43. The molecule has 3 aliphatic rings. The summed E-state index contributed by atoms with van der Waals surface area (Å²) in [7, 11) is 0. The first-order valence-corrected chi connectivity index (χ1v) is 7.18. The molecular formula is C13H15N3S. The highest BCUT2D eigenvalue weighted by Gasteiger charge is 2.33. The maximum absolute atomic E-state index is 4.77. The van der Waals surface area contributed by atoms with Crippen molar-refractivity contribution >= 4 is 28.0 Å². The molecule has 1 aromatic heterocycles. The summed E-state index contributed by atoms with van der Waals surface area (Å²) < 4.78 is 0. The Balaban J connectivity index is 1.97. The molecule has 3 heterocycles. The second kappa shape index (κ2) is 3.42. The first-order valence-electron chi connectivity index (χ1n) is 6.37. The molecule has 0 atom stereocenters. The van der Waals surface area contributed by atoms with Crippen LogP contribution in [0.3, 0.4) is 0 Å². The number of nitrogens with zero attached hydrogens (tertiary/aromatic N) is 3. The van der Waals surface area contributed by atoms with E-state index in [0.29, 0.717) is 0 Å². The first-order chi connectivity index (χ1) is 8.34. The summed E-state index contributed by atoms with van der Waals surface area (Å²) >= 11 is 1.90. The minimum Gasteiger partial charge on any atom is -0.313 e. The highest BCUT2D eigenvalue weighted by atomic mass is 32.1. The number of amidine groups is 2. The topological polar surface area (TPSA) is 28.0 Å². The summed E-state index contributed by atoms with van der Waals surface area (Å²) in [6.07, 6.45) is 5.13. The van der Waals surface area contributed by atoms with E-state index < -0.39 is 0 Å². The third-order valence-corrected chi connectivity index (χ3v) is 5.06. The van der Waals surface area contributed by atoms with E-state index in [2.05, 4.69) is 11.8 Å². The van der Waals surface area contributed by atoms with Gasteiger partial charge in [0, 0.05) is 11.4 Å². The molecule has 17 heavy (non-hydrogen) atoms. The third kappa shape index (κ3) is 1.27. The minimum atomic E-state index is 0.923. The quantitative estimate of drug-likeness (QED) is 0.690. The van der Waals surface area contributed by atoms with Gasteiger partial charge in [0.2, 0.25) is 0 Å². The molecule has 0 bridgehead atoms. The molecular weight excluding hydrogens is 230 g/mol. The Labute approximate surface area is 105 Å². The predicted octanol–water partition coefficient (Wildman–Crippen LogP) is 2.75. The molecule has 0 radical (unpaired) electrons. The zero-order valence-electron chi connectivity index (χ0n) is 9.99. The SMILES string of the molecule is CC1=Nc2sc3c(c2C2=NCCN12)CCCC3. The Morgan fingerprint density at radius 2 is 2.12 bits per heavy atom. The van der Waals surface area contributed by atoms with Crippen LogP contribution in [0.1, 0.15) is 35.8 Å². The maximum Gasteiger partial charge on any atom is 0.139 e. The van der Waals surface area contributed by atoms with Crippen molar-refractivity contribution in [1.29, 1.82) is 0 Å². The lowest BCUT2D eigenvalue weighted by molar-refractivity contribution is 0.654. The average molecular weight is 245 g/mol. The van der Waals surface area contributed by atoms with Crippen LogP contribution in [0.2, 0.25) is 0 Å². The summed E-state index contributed by atoms with van der Waals surface area (Å²) in [5.41, 5.74) is 2.92. The Hall–Kier alpha value is -1.16. The summed E-state index contributed by atoms with van der Waals surface area (Å²) in [4.78, 5) is 13.3. The van der Waals surface area contributed by atoms with Gasteiger partial charge >= 0.3 is 0 Å². The van der Waals surface area contributed by atoms with E-state index in [4.69, 9.17) is 9.98 Å². The van der Waals surface area contributed by atoms with Crippen molar-refractivity contribution in [2.24, 2.45) is 9.98 Å². The van der Waals surface area contributed by atoms with Crippen molar-refractivity contribution in [3.8, 4) is 0 Å². The monoisotopic (exact) mass is 245 g/mol. The normalized spacial score (nSPS) is 21.6. The van der Waals surface area contributed by atoms with Crippen molar-refractivity contribution in [1.82, 2.24) is 4.90 Å². The molecule has 0 saturated carbocycles. The van der Waals surface area contributed by atoms with Crippen molar-refractivity contribution in [2.75, 3.05) is 13.1 Å². The second-order valence-electron chi connectivity index (χ2n) is 4.91. The Kier molecular flexibility index (Phi) is 1.98. The number of aryl methyl sites for hydroxylation is 1. The molecule has 0 fully saturated rings. The number of thiophene rings is 1. The Morgan fingerprint density at radius 1 is 1.24 bits per heavy atom. The lowest BCUT2D eigenvalue weighted by atomic mass is 9.94. The van der Waals surface area contributed by atoms with Gasteiger partial charge in [0.25, 0.3) is 0 Å². The van der Waals surface area contributed by atoms with Gasteiger partial charge in [-0.25, -0.2) is 4.99 Å². The summed E-state index contributed by atoms with van der Waals surface area (Å²) in [6, 6.07) is 0. The maximum atomic E-state index is 4.77. The third-order valence-electron chi connectivity index (χ3n) is 3.87. The molecule has 3 nitrogen and oxygen atoms in total. The number of aliphatic imine (C=N–C) groups is 2. The molecule has 0 spiro atoms. The van der Waals surface area contributed by atoms with Gasteiger partial charge in [0.15, 0.2) is 0 Å². The molecule has 4 rings (SSSR count). The van der Waals surface area contributed by atoms with E-state index in [9.17, 15) is 0 Å². The van der Waals surface area contributed by atoms with E-state index in [1.165, 1.54) is 42.1 Å². The lowest BCUT2D eigenvalue weighted by Gasteiger charge is -2.25. The number of rotatable bonds is 0. The largest absolute Gasteiger partial charge is 0.313 e. The van der Waals surface area contributed by atoms with Crippen molar-refractivity contribution < 1.29 is 0 Å². The molecule has 0 unspecified atom stereocenters. The summed E-state index contributed by atoms with van der Waals surface area (Å²) in [5.74, 6) is 2.32. The van der Waals surface area contributed by atoms with Gasteiger partial charge in [-0.05, 0) is 38.2 Å². The molecule has 0 aromatic carbocycles. The van der Waals surface area contributed by atoms with Crippen LogP contribution in [0.25, 0.3) is 0 Å². The van der Waals surface area contributed by atoms with Gasteiger partial charge in [-0.3, -0.25) is 4.99 Å². The van der Waals surface area contributed by atoms with Gasteiger partial charge in [0.1, 0.15) is 16.7 Å². The summed E-state index contributed by atoms with van der Waals surface area (Å²) in [6.45, 7) is 4.03. The standard InChI is InChI=1S/C13H15N3S/c1-8-15-13-11(12-14-6-7-16(8)12)9-4-2-3-5-10(9)17-13/h2-7H2,1H3. The predicted molar refractivity (Wildman–Crippen MR) is 71.8 cm³/mol. The smallest absolute Gasteiger partial charge is 0.139 e. The van der Waals surface area contributed by atoms with E-state index in [-0.39, 0.29) is 0 Å². The van der Waals surface area contributed by atoms with Crippen molar-refractivity contribution in [3.05, 3.63) is 16.0 Å². The van der Waals surface area contributed by atoms with Gasteiger partial charge in [0.05, 0.1) is 12.1 Å². The van der Waals surface area contributed by atoms with Crippen molar-refractivity contribution in [2.45, 2.75) is 32.6 Å². The average Bonchev–Trinajstić information content (AvgIpc) is 2.90. The van der Waals surface area contributed by atoms with Gasteiger partial charge in [-0.2, -0.15) is 0 Å². The van der Waals surface area contributed by atoms with Crippen LogP contribution in [-0.4, -0.2) is 29.7 Å². The lowest BCUT2D eigenvalue weighted by Crippen LogP contribution is -2.35. The van der Waals surface area contributed by atoms with Crippen LogP contribution in [-0.2, 0) is 12.8 Å². The molecule has 1 aromatic rings. The van der Waals surface area contributed by atoms with Crippen LogP contribution < -0.4 is 0 Å². The number of hydrogen-bond acceptors (Lipinski definition) is 4. The Morgan fingerprint density at radius 3 is 3.06 bits per heavy atom. The minimum absolute atomic E-state index is 0.923. The molecule has 88 valence electrons. The van der Waals surface area contributed by atoms with Crippen LogP contribution in [0.4, 0.5) is 5.00 Å². The highest BCUT2D eigenvalue weighted by molar-refractivity contribution is 7.16. The number of fused-ring (bicyclic) bond motifs is 5. The molecule has 0 saturated heterocycles. The van der Waals surface area contributed by atoms with Gasteiger partial charge < -0.3 is 4.90 Å². The van der Waals surface area contributed by atoms with E-state index in [1.54, 1.807) is 10.4 Å². The van der Waals surface area contributed by atoms with E-state index in [0.717, 1.165) is 18.9 Å². The fourth-order valence-corrected chi connectivity index (χ4v) is 4.35.